The monoisotopic (exact) mass is 293 g/mol. The zero-order chi connectivity index (χ0) is 14.2. The molecule has 0 aromatic heterocycles. The summed E-state index contributed by atoms with van der Waals surface area (Å²) in [5, 5.41) is 3.33. The van der Waals surface area contributed by atoms with Crippen LogP contribution in [0.4, 0.5) is 5.69 Å². The van der Waals surface area contributed by atoms with Gasteiger partial charge in [-0.1, -0.05) is 24.6 Å². The van der Waals surface area contributed by atoms with Gasteiger partial charge in [0.2, 0.25) is 0 Å². The molecule has 20 heavy (non-hydrogen) atoms. The highest BCUT2D eigenvalue weighted by Gasteiger charge is 2.35. The Kier molecular flexibility index (Phi) is 3.76. The minimum Gasteiger partial charge on any atom is -0.385 e. The van der Waals surface area contributed by atoms with Crippen LogP contribution >= 0.6 is 0 Å². The minimum atomic E-state index is -2.89. The Bertz CT molecular complexity index is 582. The molecule has 1 saturated carbocycles. The molecule has 3 atom stereocenters. The number of hydrogen-bond acceptors (Lipinski definition) is 3. The molecule has 2 aliphatic rings. The van der Waals surface area contributed by atoms with E-state index in [1.54, 1.807) is 0 Å². The van der Waals surface area contributed by atoms with Crippen molar-refractivity contribution in [3.63, 3.8) is 0 Å². The van der Waals surface area contributed by atoms with Crippen LogP contribution in [0.25, 0.3) is 0 Å². The van der Waals surface area contributed by atoms with Gasteiger partial charge in [0.15, 0.2) is 0 Å². The van der Waals surface area contributed by atoms with Gasteiger partial charge in [0.05, 0.1) is 5.25 Å². The summed E-state index contributed by atoms with van der Waals surface area (Å²) in [4.78, 5) is 0. The van der Waals surface area contributed by atoms with E-state index < -0.39 is 9.84 Å². The minimum absolute atomic E-state index is 0.122. The smallest absolute Gasteiger partial charge is 0.150 e. The number of para-hydroxylation sites is 1. The Morgan fingerprint density at radius 3 is 2.75 bits per heavy atom. The van der Waals surface area contributed by atoms with E-state index in [1.807, 2.05) is 0 Å². The maximum Gasteiger partial charge on any atom is 0.150 e. The number of nitrogens with one attached hydrogen (secondary N) is 1. The molecule has 0 amide bonds. The van der Waals surface area contributed by atoms with Gasteiger partial charge in [-0.05, 0) is 49.1 Å². The SMILES string of the molecule is CS(=O)(=O)C1CCCC(C2CCNc3ccccc32)C1. The highest BCUT2D eigenvalue weighted by molar-refractivity contribution is 7.91. The third kappa shape index (κ3) is 2.71. The summed E-state index contributed by atoms with van der Waals surface area (Å²) in [6, 6.07) is 8.50. The van der Waals surface area contributed by atoms with Crippen molar-refractivity contribution in [1.82, 2.24) is 0 Å². The van der Waals surface area contributed by atoms with Crippen LogP contribution in [0.5, 0.6) is 0 Å². The molecular formula is C16H23NO2S. The Labute approximate surface area is 121 Å². The van der Waals surface area contributed by atoms with Crippen LogP contribution in [0.2, 0.25) is 0 Å². The van der Waals surface area contributed by atoms with Gasteiger partial charge in [0, 0.05) is 18.5 Å². The molecule has 0 radical (unpaired) electrons. The van der Waals surface area contributed by atoms with Gasteiger partial charge in [0.1, 0.15) is 9.84 Å². The van der Waals surface area contributed by atoms with Gasteiger partial charge in [0.25, 0.3) is 0 Å². The van der Waals surface area contributed by atoms with Gasteiger partial charge in [-0.3, -0.25) is 0 Å². The predicted octanol–water partition coefficient (Wildman–Crippen LogP) is 3.19. The molecule has 1 aromatic carbocycles. The normalized spacial score (nSPS) is 30.4. The van der Waals surface area contributed by atoms with E-state index in [2.05, 4.69) is 29.6 Å². The molecule has 4 heteroatoms. The predicted molar refractivity (Wildman–Crippen MR) is 82.9 cm³/mol. The Morgan fingerprint density at radius 2 is 1.95 bits per heavy atom. The number of fused-ring (bicyclic) bond motifs is 1. The van der Waals surface area contributed by atoms with E-state index in [-0.39, 0.29) is 5.25 Å². The summed E-state index contributed by atoms with van der Waals surface area (Å²) in [7, 11) is -2.89. The molecule has 3 rings (SSSR count). The van der Waals surface area contributed by atoms with Crippen molar-refractivity contribution < 1.29 is 8.42 Å². The van der Waals surface area contributed by atoms with E-state index in [4.69, 9.17) is 0 Å². The van der Waals surface area contributed by atoms with E-state index >= 15 is 0 Å². The summed E-state index contributed by atoms with van der Waals surface area (Å²) in [5.41, 5.74) is 2.63. The second-order valence-electron chi connectivity index (χ2n) is 6.29. The first-order valence-electron chi connectivity index (χ1n) is 7.57. The van der Waals surface area contributed by atoms with Crippen LogP contribution in [0.1, 0.15) is 43.6 Å². The van der Waals surface area contributed by atoms with Crippen molar-refractivity contribution in [1.29, 1.82) is 0 Å². The van der Waals surface area contributed by atoms with E-state index in [0.717, 1.165) is 32.2 Å². The second-order valence-corrected chi connectivity index (χ2v) is 8.61. The Balaban J connectivity index is 1.83. The second kappa shape index (κ2) is 5.40. The van der Waals surface area contributed by atoms with Crippen LogP contribution < -0.4 is 5.32 Å². The topological polar surface area (TPSA) is 46.2 Å². The van der Waals surface area contributed by atoms with Gasteiger partial charge in [-0.15, -0.1) is 0 Å². The molecule has 3 unspecified atom stereocenters. The highest BCUT2D eigenvalue weighted by atomic mass is 32.2. The molecule has 1 aromatic rings. The van der Waals surface area contributed by atoms with Crippen molar-refractivity contribution in [2.75, 3.05) is 18.1 Å². The fraction of sp³-hybridized carbons (Fsp3) is 0.625. The summed E-state index contributed by atoms with van der Waals surface area (Å²) in [5.74, 6) is 1.05. The lowest BCUT2D eigenvalue weighted by molar-refractivity contribution is 0.295. The molecule has 1 aliphatic heterocycles. The summed E-state index contributed by atoms with van der Waals surface area (Å²) in [6.45, 7) is 1.00. The molecular weight excluding hydrogens is 270 g/mol. The lowest BCUT2D eigenvalue weighted by Crippen LogP contribution is -2.32. The largest absolute Gasteiger partial charge is 0.385 e. The first-order chi connectivity index (χ1) is 9.55. The molecule has 1 heterocycles. The zero-order valence-corrected chi connectivity index (χ0v) is 12.8. The van der Waals surface area contributed by atoms with Crippen LogP contribution in [0, 0.1) is 5.92 Å². The molecule has 110 valence electrons. The van der Waals surface area contributed by atoms with Crippen molar-refractivity contribution >= 4 is 15.5 Å². The number of benzene rings is 1. The summed E-state index contributed by atoms with van der Waals surface area (Å²) < 4.78 is 23.7. The number of hydrogen-bond donors (Lipinski definition) is 1. The third-order valence-corrected chi connectivity index (χ3v) is 6.61. The fourth-order valence-corrected chi connectivity index (χ4v) is 5.12. The average Bonchev–Trinajstić information content (AvgIpc) is 2.46. The Morgan fingerprint density at radius 1 is 1.15 bits per heavy atom. The molecule has 3 nitrogen and oxygen atoms in total. The first kappa shape index (κ1) is 13.9. The van der Waals surface area contributed by atoms with E-state index in [1.165, 1.54) is 23.9 Å². The van der Waals surface area contributed by atoms with Crippen LogP contribution in [-0.2, 0) is 9.84 Å². The van der Waals surface area contributed by atoms with Gasteiger partial charge >= 0.3 is 0 Å². The van der Waals surface area contributed by atoms with E-state index in [0.29, 0.717) is 11.8 Å². The van der Waals surface area contributed by atoms with Gasteiger partial charge in [-0.2, -0.15) is 0 Å². The van der Waals surface area contributed by atoms with Crippen LogP contribution in [0.15, 0.2) is 24.3 Å². The molecule has 1 aliphatic carbocycles. The maximum absolute atomic E-state index is 11.8. The lowest BCUT2D eigenvalue weighted by atomic mass is 9.73. The summed E-state index contributed by atoms with van der Waals surface area (Å²) >= 11 is 0. The number of anilines is 1. The fourth-order valence-electron chi connectivity index (χ4n) is 3.92. The first-order valence-corrected chi connectivity index (χ1v) is 9.53. The van der Waals surface area contributed by atoms with Gasteiger partial charge in [-0.25, -0.2) is 8.42 Å². The van der Waals surface area contributed by atoms with Crippen molar-refractivity contribution in [2.24, 2.45) is 5.92 Å². The number of sulfone groups is 1. The maximum atomic E-state index is 11.8. The van der Waals surface area contributed by atoms with Crippen LogP contribution in [-0.4, -0.2) is 26.5 Å². The molecule has 0 bridgehead atoms. The lowest BCUT2D eigenvalue weighted by Gasteiger charge is -2.37. The average molecular weight is 293 g/mol. The molecule has 0 spiro atoms. The molecule has 1 fully saturated rings. The standard InChI is InChI=1S/C16H23NO2S/c1-20(18,19)13-6-4-5-12(11-13)14-9-10-17-16-8-3-2-7-15(14)16/h2-3,7-8,12-14,17H,4-6,9-11H2,1H3. The molecule has 1 N–H and O–H groups in total. The van der Waals surface area contributed by atoms with Crippen molar-refractivity contribution in [2.45, 2.75) is 43.3 Å². The zero-order valence-electron chi connectivity index (χ0n) is 12.0. The molecule has 0 saturated heterocycles. The summed E-state index contributed by atoms with van der Waals surface area (Å²) in [6.07, 6.45) is 6.44. The van der Waals surface area contributed by atoms with Gasteiger partial charge < -0.3 is 5.32 Å². The van der Waals surface area contributed by atoms with Crippen LogP contribution in [0.3, 0.4) is 0 Å². The van der Waals surface area contributed by atoms with Crippen molar-refractivity contribution in [3.8, 4) is 0 Å². The van der Waals surface area contributed by atoms with Crippen molar-refractivity contribution in [3.05, 3.63) is 29.8 Å². The third-order valence-electron chi connectivity index (χ3n) is 4.97. The number of rotatable bonds is 2. The van der Waals surface area contributed by atoms with E-state index in [9.17, 15) is 8.42 Å². The quantitative estimate of drug-likeness (QED) is 0.911. The highest BCUT2D eigenvalue weighted by Crippen LogP contribution is 2.43. The Hall–Kier alpha value is -1.03.